The van der Waals surface area contributed by atoms with Gasteiger partial charge in [-0.1, -0.05) is 12.1 Å². The lowest BCUT2D eigenvalue weighted by Crippen LogP contribution is -2.00. The summed E-state index contributed by atoms with van der Waals surface area (Å²) in [4.78, 5) is 10.5. The quantitative estimate of drug-likeness (QED) is 0.467. The van der Waals surface area contributed by atoms with E-state index in [1.165, 1.54) is 0 Å². The molecule has 15 heavy (non-hydrogen) atoms. The number of hydrogen-bond donors (Lipinski definition) is 1. The van der Waals surface area contributed by atoms with Crippen molar-refractivity contribution in [1.82, 2.24) is 0 Å². The standard InChI is InChI=1S/C11H12N2O2/c1-2-3-9-10(13(14)15)5-4-8-6-7-12-11(8)9/h2,4-5,12H,1,3,6-7H2. The summed E-state index contributed by atoms with van der Waals surface area (Å²) in [6, 6.07) is 3.42. The summed E-state index contributed by atoms with van der Waals surface area (Å²) in [6.07, 6.45) is 3.17. The van der Waals surface area contributed by atoms with Gasteiger partial charge in [0.2, 0.25) is 0 Å². The van der Waals surface area contributed by atoms with Crippen LogP contribution in [0.15, 0.2) is 24.8 Å². The normalized spacial score (nSPS) is 13.1. The minimum atomic E-state index is -0.334. The van der Waals surface area contributed by atoms with Crippen LogP contribution in [0.5, 0.6) is 0 Å². The van der Waals surface area contributed by atoms with Crippen molar-refractivity contribution >= 4 is 11.4 Å². The maximum atomic E-state index is 10.8. The maximum absolute atomic E-state index is 10.8. The minimum absolute atomic E-state index is 0.183. The van der Waals surface area contributed by atoms with Gasteiger partial charge in [0.15, 0.2) is 0 Å². The molecule has 0 atom stereocenters. The number of nitro benzene ring substituents is 1. The van der Waals surface area contributed by atoms with Gasteiger partial charge in [-0.05, 0) is 18.4 Å². The van der Waals surface area contributed by atoms with Crippen molar-refractivity contribution in [2.45, 2.75) is 12.8 Å². The first-order valence-corrected chi connectivity index (χ1v) is 4.88. The number of hydrogen-bond acceptors (Lipinski definition) is 3. The molecule has 0 spiro atoms. The van der Waals surface area contributed by atoms with Crippen molar-refractivity contribution in [2.24, 2.45) is 0 Å². The van der Waals surface area contributed by atoms with E-state index in [0.29, 0.717) is 6.42 Å². The summed E-state index contributed by atoms with van der Waals surface area (Å²) < 4.78 is 0. The van der Waals surface area contributed by atoms with Crippen LogP contribution in [0.25, 0.3) is 0 Å². The number of anilines is 1. The van der Waals surface area contributed by atoms with Crippen LogP contribution in [0.1, 0.15) is 11.1 Å². The zero-order valence-corrected chi connectivity index (χ0v) is 8.32. The minimum Gasteiger partial charge on any atom is -0.384 e. The number of nitrogens with one attached hydrogen (secondary N) is 1. The first-order valence-electron chi connectivity index (χ1n) is 4.88. The zero-order valence-electron chi connectivity index (χ0n) is 8.32. The average Bonchev–Trinajstić information content (AvgIpc) is 2.66. The van der Waals surface area contributed by atoms with Crippen LogP contribution in [-0.4, -0.2) is 11.5 Å². The monoisotopic (exact) mass is 204 g/mol. The van der Waals surface area contributed by atoms with Crippen molar-refractivity contribution in [2.75, 3.05) is 11.9 Å². The molecule has 1 aliphatic rings. The predicted molar refractivity (Wildman–Crippen MR) is 59.2 cm³/mol. The second-order valence-corrected chi connectivity index (χ2v) is 3.52. The van der Waals surface area contributed by atoms with E-state index in [2.05, 4.69) is 11.9 Å². The summed E-state index contributed by atoms with van der Waals surface area (Å²) in [5.41, 5.74) is 3.04. The summed E-state index contributed by atoms with van der Waals surface area (Å²) in [5.74, 6) is 0. The van der Waals surface area contributed by atoms with Gasteiger partial charge < -0.3 is 5.32 Å². The Morgan fingerprint density at radius 1 is 1.60 bits per heavy atom. The molecule has 0 bridgehead atoms. The molecule has 1 aliphatic heterocycles. The zero-order chi connectivity index (χ0) is 10.8. The van der Waals surface area contributed by atoms with E-state index < -0.39 is 0 Å². The molecule has 1 heterocycles. The van der Waals surface area contributed by atoms with Gasteiger partial charge in [-0.25, -0.2) is 0 Å². The number of benzene rings is 1. The molecule has 0 saturated heterocycles. The molecule has 0 radical (unpaired) electrons. The van der Waals surface area contributed by atoms with Gasteiger partial charge in [-0.15, -0.1) is 6.58 Å². The van der Waals surface area contributed by atoms with Crippen LogP contribution in [0, 0.1) is 10.1 Å². The lowest BCUT2D eigenvalue weighted by molar-refractivity contribution is -0.385. The molecule has 1 aromatic rings. The maximum Gasteiger partial charge on any atom is 0.274 e. The van der Waals surface area contributed by atoms with Gasteiger partial charge in [0.25, 0.3) is 5.69 Å². The fourth-order valence-electron chi connectivity index (χ4n) is 1.96. The third kappa shape index (κ3) is 1.58. The summed E-state index contributed by atoms with van der Waals surface area (Å²) in [7, 11) is 0. The lowest BCUT2D eigenvalue weighted by Gasteiger charge is -2.07. The Labute approximate surface area is 87.8 Å². The molecule has 0 fully saturated rings. The molecule has 0 aromatic heterocycles. The highest BCUT2D eigenvalue weighted by Gasteiger charge is 2.22. The topological polar surface area (TPSA) is 55.2 Å². The highest BCUT2D eigenvalue weighted by atomic mass is 16.6. The van der Waals surface area contributed by atoms with Crippen molar-refractivity contribution in [1.29, 1.82) is 0 Å². The third-order valence-corrected chi connectivity index (χ3v) is 2.62. The van der Waals surface area contributed by atoms with Crippen LogP contribution >= 0.6 is 0 Å². The lowest BCUT2D eigenvalue weighted by atomic mass is 10.0. The highest BCUT2D eigenvalue weighted by molar-refractivity contribution is 5.68. The largest absolute Gasteiger partial charge is 0.384 e. The van der Waals surface area contributed by atoms with Crippen LogP contribution in [0.4, 0.5) is 11.4 Å². The molecule has 4 nitrogen and oxygen atoms in total. The molecular weight excluding hydrogens is 192 g/mol. The van der Waals surface area contributed by atoms with Gasteiger partial charge in [-0.2, -0.15) is 0 Å². The average molecular weight is 204 g/mol. The third-order valence-electron chi connectivity index (χ3n) is 2.62. The molecule has 2 rings (SSSR count). The molecule has 1 N–H and O–H groups in total. The molecule has 78 valence electrons. The molecule has 0 saturated carbocycles. The Morgan fingerprint density at radius 3 is 3.07 bits per heavy atom. The van der Waals surface area contributed by atoms with E-state index in [1.807, 2.05) is 6.07 Å². The van der Waals surface area contributed by atoms with E-state index in [-0.39, 0.29) is 10.6 Å². The molecule has 4 heteroatoms. The van der Waals surface area contributed by atoms with E-state index in [1.54, 1.807) is 12.1 Å². The summed E-state index contributed by atoms with van der Waals surface area (Å²) in [5, 5.41) is 14.0. The Morgan fingerprint density at radius 2 is 2.40 bits per heavy atom. The van der Waals surface area contributed by atoms with Crippen molar-refractivity contribution in [3.8, 4) is 0 Å². The predicted octanol–water partition coefficient (Wildman–Crippen LogP) is 2.29. The summed E-state index contributed by atoms with van der Waals surface area (Å²) in [6.45, 7) is 4.49. The van der Waals surface area contributed by atoms with E-state index in [9.17, 15) is 10.1 Å². The first-order chi connectivity index (χ1) is 7.24. The van der Waals surface area contributed by atoms with Crippen LogP contribution in [0.2, 0.25) is 0 Å². The molecule has 0 aliphatic carbocycles. The second-order valence-electron chi connectivity index (χ2n) is 3.52. The first kappa shape index (κ1) is 9.71. The van der Waals surface area contributed by atoms with Gasteiger partial charge in [0, 0.05) is 18.3 Å². The molecule has 0 unspecified atom stereocenters. The molecule has 0 amide bonds. The van der Waals surface area contributed by atoms with Gasteiger partial charge in [0.1, 0.15) is 0 Å². The van der Waals surface area contributed by atoms with E-state index in [4.69, 9.17) is 0 Å². The van der Waals surface area contributed by atoms with Gasteiger partial charge in [0.05, 0.1) is 10.5 Å². The fourth-order valence-corrected chi connectivity index (χ4v) is 1.96. The Kier molecular flexibility index (Phi) is 2.41. The van der Waals surface area contributed by atoms with Crippen LogP contribution in [-0.2, 0) is 12.8 Å². The number of fused-ring (bicyclic) bond motifs is 1. The van der Waals surface area contributed by atoms with Crippen LogP contribution < -0.4 is 5.32 Å². The van der Waals surface area contributed by atoms with Gasteiger partial charge in [-0.3, -0.25) is 10.1 Å². The second kappa shape index (κ2) is 3.73. The van der Waals surface area contributed by atoms with Crippen LogP contribution in [0.3, 0.4) is 0 Å². The number of allylic oxidation sites excluding steroid dienone is 1. The Hall–Kier alpha value is -1.84. The highest BCUT2D eigenvalue weighted by Crippen LogP contribution is 2.33. The number of nitro groups is 1. The molecule has 1 aromatic carbocycles. The van der Waals surface area contributed by atoms with E-state index in [0.717, 1.165) is 29.8 Å². The smallest absolute Gasteiger partial charge is 0.274 e. The summed E-state index contributed by atoms with van der Waals surface area (Å²) >= 11 is 0. The SMILES string of the molecule is C=CCc1c([N+](=O)[O-])ccc2c1NCC2. The van der Waals surface area contributed by atoms with Gasteiger partial charge >= 0.3 is 0 Å². The number of rotatable bonds is 3. The Bertz CT molecular complexity index is 427. The van der Waals surface area contributed by atoms with Crippen molar-refractivity contribution < 1.29 is 4.92 Å². The Balaban J connectivity index is 2.57. The van der Waals surface area contributed by atoms with Crippen molar-refractivity contribution in [3.05, 3.63) is 46.0 Å². The molecular formula is C11H12N2O2. The number of nitrogens with zero attached hydrogens (tertiary/aromatic N) is 1. The fraction of sp³-hybridized carbons (Fsp3) is 0.273. The van der Waals surface area contributed by atoms with E-state index >= 15 is 0 Å². The van der Waals surface area contributed by atoms with Crippen molar-refractivity contribution in [3.63, 3.8) is 0 Å².